The van der Waals surface area contributed by atoms with Gasteiger partial charge in [0, 0.05) is 26.6 Å². The van der Waals surface area contributed by atoms with Crippen LogP contribution in [0.1, 0.15) is 17.4 Å². The van der Waals surface area contributed by atoms with Gasteiger partial charge in [-0.15, -0.1) is 0 Å². The molecular formula is C14H15F2N3O2. The SMILES string of the molecule is COCC(=O)N[C@H](c1ccc(F)c(F)c1)c1nccn1C. The molecule has 1 atom stereocenters. The van der Waals surface area contributed by atoms with Crippen molar-refractivity contribution in [3.05, 3.63) is 53.6 Å². The lowest BCUT2D eigenvalue weighted by Gasteiger charge is -2.19. The maximum atomic E-state index is 13.4. The van der Waals surface area contributed by atoms with Gasteiger partial charge in [0.05, 0.1) is 0 Å². The third-order valence-corrected chi connectivity index (χ3v) is 2.97. The van der Waals surface area contributed by atoms with Gasteiger partial charge in [-0.2, -0.15) is 0 Å². The van der Waals surface area contributed by atoms with Crippen LogP contribution in [0.15, 0.2) is 30.6 Å². The van der Waals surface area contributed by atoms with E-state index in [0.29, 0.717) is 11.4 Å². The average molecular weight is 295 g/mol. The molecule has 0 aliphatic rings. The number of hydrogen-bond acceptors (Lipinski definition) is 3. The van der Waals surface area contributed by atoms with Gasteiger partial charge in [-0.25, -0.2) is 13.8 Å². The number of aryl methyl sites for hydroxylation is 1. The summed E-state index contributed by atoms with van der Waals surface area (Å²) in [7, 11) is 3.14. The van der Waals surface area contributed by atoms with E-state index in [-0.39, 0.29) is 12.5 Å². The molecule has 0 radical (unpaired) electrons. The van der Waals surface area contributed by atoms with E-state index in [1.807, 2.05) is 0 Å². The fourth-order valence-electron chi connectivity index (χ4n) is 1.98. The number of benzene rings is 1. The molecule has 0 bridgehead atoms. The quantitative estimate of drug-likeness (QED) is 0.910. The minimum Gasteiger partial charge on any atom is -0.375 e. The van der Waals surface area contributed by atoms with E-state index in [9.17, 15) is 13.6 Å². The number of carbonyl (C=O) groups excluding carboxylic acids is 1. The molecule has 0 saturated carbocycles. The number of ether oxygens (including phenoxy) is 1. The van der Waals surface area contributed by atoms with E-state index in [1.54, 1.807) is 24.0 Å². The summed E-state index contributed by atoms with van der Waals surface area (Å²) < 4.78 is 32.9. The van der Waals surface area contributed by atoms with Gasteiger partial charge in [-0.1, -0.05) is 6.07 Å². The van der Waals surface area contributed by atoms with Crippen LogP contribution in [0.25, 0.3) is 0 Å². The van der Waals surface area contributed by atoms with Gasteiger partial charge in [0.25, 0.3) is 0 Å². The zero-order valence-electron chi connectivity index (χ0n) is 11.6. The van der Waals surface area contributed by atoms with Crippen molar-refractivity contribution < 1.29 is 18.3 Å². The Balaban J connectivity index is 2.38. The van der Waals surface area contributed by atoms with Crippen LogP contribution in [0.3, 0.4) is 0 Å². The first-order chi connectivity index (χ1) is 10.0. The highest BCUT2D eigenvalue weighted by Gasteiger charge is 2.21. The number of nitrogens with one attached hydrogen (secondary N) is 1. The molecule has 0 aliphatic carbocycles. The Morgan fingerprint density at radius 3 is 2.76 bits per heavy atom. The zero-order chi connectivity index (χ0) is 15.4. The Labute approximate surface area is 120 Å². The Hall–Kier alpha value is -2.28. The zero-order valence-corrected chi connectivity index (χ0v) is 11.6. The van der Waals surface area contributed by atoms with Crippen LogP contribution in [-0.4, -0.2) is 29.2 Å². The molecule has 1 amide bonds. The topological polar surface area (TPSA) is 56.1 Å². The number of carbonyl (C=O) groups is 1. The fourth-order valence-corrected chi connectivity index (χ4v) is 1.98. The number of methoxy groups -OCH3 is 1. The summed E-state index contributed by atoms with van der Waals surface area (Å²) in [5.74, 6) is -1.80. The van der Waals surface area contributed by atoms with Gasteiger partial charge in [-0.3, -0.25) is 4.79 Å². The summed E-state index contributed by atoms with van der Waals surface area (Å²) in [5.41, 5.74) is 0.396. The molecule has 0 fully saturated rings. The third kappa shape index (κ3) is 3.43. The fraction of sp³-hybridized carbons (Fsp3) is 0.286. The molecule has 1 N–H and O–H groups in total. The normalized spacial score (nSPS) is 12.2. The highest BCUT2D eigenvalue weighted by atomic mass is 19.2. The van der Waals surface area contributed by atoms with Crippen molar-refractivity contribution in [1.82, 2.24) is 14.9 Å². The number of rotatable bonds is 5. The van der Waals surface area contributed by atoms with Crippen LogP contribution in [0, 0.1) is 11.6 Å². The number of imidazole rings is 1. The van der Waals surface area contributed by atoms with E-state index in [0.717, 1.165) is 12.1 Å². The largest absolute Gasteiger partial charge is 0.375 e. The summed E-state index contributed by atoms with van der Waals surface area (Å²) in [4.78, 5) is 15.9. The maximum Gasteiger partial charge on any atom is 0.246 e. The van der Waals surface area contributed by atoms with Crippen molar-refractivity contribution in [1.29, 1.82) is 0 Å². The molecule has 0 spiro atoms. The summed E-state index contributed by atoms with van der Waals surface area (Å²) >= 11 is 0. The van der Waals surface area contributed by atoms with Crippen LogP contribution < -0.4 is 5.32 Å². The van der Waals surface area contributed by atoms with Gasteiger partial charge in [0.1, 0.15) is 18.5 Å². The lowest BCUT2D eigenvalue weighted by molar-refractivity contribution is -0.125. The molecule has 1 aromatic carbocycles. The van der Waals surface area contributed by atoms with E-state index in [2.05, 4.69) is 10.3 Å². The molecule has 1 aromatic heterocycles. The Morgan fingerprint density at radius 2 is 2.19 bits per heavy atom. The average Bonchev–Trinajstić information content (AvgIpc) is 2.86. The molecule has 5 nitrogen and oxygen atoms in total. The van der Waals surface area contributed by atoms with Gasteiger partial charge in [-0.05, 0) is 17.7 Å². The van der Waals surface area contributed by atoms with Crippen LogP contribution in [-0.2, 0) is 16.6 Å². The van der Waals surface area contributed by atoms with Crippen molar-refractivity contribution in [3.63, 3.8) is 0 Å². The predicted molar refractivity (Wildman–Crippen MR) is 71.4 cm³/mol. The second-order valence-electron chi connectivity index (χ2n) is 4.50. The molecule has 2 aromatic rings. The number of aromatic nitrogens is 2. The number of halogens is 2. The van der Waals surface area contributed by atoms with E-state index in [1.165, 1.54) is 13.2 Å². The summed E-state index contributed by atoms with van der Waals surface area (Å²) in [5, 5.41) is 2.69. The molecular weight excluding hydrogens is 280 g/mol. The maximum absolute atomic E-state index is 13.4. The van der Waals surface area contributed by atoms with Crippen molar-refractivity contribution in [2.24, 2.45) is 7.05 Å². The lowest BCUT2D eigenvalue weighted by atomic mass is 10.1. The minimum atomic E-state index is -0.979. The van der Waals surface area contributed by atoms with Gasteiger partial charge >= 0.3 is 0 Å². The van der Waals surface area contributed by atoms with Gasteiger partial charge in [0.15, 0.2) is 11.6 Å². The Kier molecular flexibility index (Phi) is 4.64. The third-order valence-electron chi connectivity index (χ3n) is 2.97. The first-order valence-corrected chi connectivity index (χ1v) is 6.23. The first kappa shape index (κ1) is 15.1. The van der Waals surface area contributed by atoms with Gasteiger partial charge < -0.3 is 14.6 Å². The number of amides is 1. The van der Waals surface area contributed by atoms with Crippen LogP contribution >= 0.6 is 0 Å². The van der Waals surface area contributed by atoms with Crippen LogP contribution in [0.2, 0.25) is 0 Å². The van der Waals surface area contributed by atoms with Crippen molar-refractivity contribution in [3.8, 4) is 0 Å². The summed E-state index contributed by atoms with van der Waals surface area (Å²) in [6, 6.07) is 2.78. The van der Waals surface area contributed by atoms with Crippen LogP contribution in [0.4, 0.5) is 8.78 Å². The molecule has 0 saturated heterocycles. The smallest absolute Gasteiger partial charge is 0.246 e. The highest BCUT2D eigenvalue weighted by molar-refractivity contribution is 5.78. The number of hydrogen-bond donors (Lipinski definition) is 1. The molecule has 112 valence electrons. The first-order valence-electron chi connectivity index (χ1n) is 6.23. The second kappa shape index (κ2) is 6.45. The van der Waals surface area contributed by atoms with E-state index >= 15 is 0 Å². The number of nitrogens with zero attached hydrogens (tertiary/aromatic N) is 2. The molecule has 0 unspecified atom stereocenters. The monoisotopic (exact) mass is 295 g/mol. The lowest BCUT2D eigenvalue weighted by Crippen LogP contribution is -2.33. The van der Waals surface area contributed by atoms with Crippen molar-refractivity contribution in [2.45, 2.75) is 6.04 Å². The molecule has 1 heterocycles. The molecule has 2 rings (SSSR count). The Morgan fingerprint density at radius 1 is 1.43 bits per heavy atom. The van der Waals surface area contributed by atoms with Crippen LogP contribution in [0.5, 0.6) is 0 Å². The predicted octanol–water partition coefficient (Wildman–Crippen LogP) is 1.55. The minimum absolute atomic E-state index is 0.134. The second-order valence-corrected chi connectivity index (χ2v) is 4.50. The summed E-state index contributed by atoms with van der Waals surface area (Å²) in [6.07, 6.45) is 3.26. The van der Waals surface area contributed by atoms with Crippen molar-refractivity contribution in [2.75, 3.05) is 13.7 Å². The molecule has 21 heavy (non-hydrogen) atoms. The van der Waals surface area contributed by atoms with E-state index < -0.39 is 17.7 Å². The molecule has 7 heteroatoms. The van der Waals surface area contributed by atoms with E-state index in [4.69, 9.17) is 4.74 Å². The Bertz CT molecular complexity index is 643. The standard InChI is InChI=1S/C14H15F2N3O2/c1-19-6-5-17-14(19)13(18-12(20)8-21-2)9-3-4-10(15)11(16)7-9/h3-7,13H,8H2,1-2H3,(H,18,20)/t13-/m1/s1. The summed E-state index contributed by atoms with van der Waals surface area (Å²) in [6.45, 7) is -0.134. The highest BCUT2D eigenvalue weighted by Crippen LogP contribution is 2.22. The van der Waals surface area contributed by atoms with Gasteiger partial charge in [0.2, 0.25) is 5.91 Å². The van der Waals surface area contributed by atoms with Crippen molar-refractivity contribution >= 4 is 5.91 Å². The molecule has 0 aliphatic heterocycles.